The number of nitrogens with zero attached hydrogens (tertiary/aromatic N) is 2. The number of rotatable bonds is 14. The molecule has 0 saturated heterocycles. The first kappa shape index (κ1) is 34.2. The number of ether oxygens (including phenoxy) is 2. The van der Waals surface area contributed by atoms with Gasteiger partial charge in [-0.1, -0.05) is 73.8 Å². The van der Waals surface area contributed by atoms with Crippen LogP contribution in [0.5, 0.6) is 11.5 Å². The minimum Gasteiger partial charge on any atom is -0.394 e. The average Bonchev–Trinajstić information content (AvgIpc) is 3.08. The lowest BCUT2D eigenvalue weighted by molar-refractivity contribution is -0.385. The number of benzene rings is 4. The van der Waals surface area contributed by atoms with E-state index in [1.807, 2.05) is 60.7 Å². The summed E-state index contributed by atoms with van der Waals surface area (Å²) in [6, 6.07) is 25.1. The number of carbonyl (C=O) groups is 3. The normalized spacial score (nSPS) is 10.3. The van der Waals surface area contributed by atoms with E-state index in [-0.39, 0.29) is 71.1 Å². The van der Waals surface area contributed by atoms with Gasteiger partial charge in [-0.25, -0.2) is 4.79 Å². The average molecular weight is 651 g/mol. The quantitative estimate of drug-likeness (QED) is 0.0551. The van der Waals surface area contributed by atoms with Gasteiger partial charge >= 0.3 is 6.16 Å². The molecule has 0 radical (unpaired) electrons. The number of hydrogen-bond acceptors (Lipinski definition) is 9. The Labute approximate surface area is 274 Å². The van der Waals surface area contributed by atoms with E-state index in [1.54, 1.807) is 0 Å². The second-order valence-corrected chi connectivity index (χ2v) is 10.4. The van der Waals surface area contributed by atoms with Crippen LogP contribution in [0.1, 0.15) is 22.3 Å². The van der Waals surface area contributed by atoms with Gasteiger partial charge in [-0.2, -0.15) is 0 Å². The van der Waals surface area contributed by atoms with Crippen molar-refractivity contribution in [3.8, 4) is 11.5 Å². The molecule has 244 valence electrons. The Morgan fingerprint density at radius 2 is 0.979 bits per heavy atom. The van der Waals surface area contributed by atoms with Crippen molar-refractivity contribution in [3.63, 3.8) is 0 Å². The second-order valence-electron chi connectivity index (χ2n) is 10.4. The molecule has 4 aromatic carbocycles. The van der Waals surface area contributed by atoms with Crippen LogP contribution in [-0.4, -0.2) is 27.8 Å². The van der Waals surface area contributed by atoms with Crippen LogP contribution in [0.3, 0.4) is 0 Å². The zero-order chi connectivity index (χ0) is 34.6. The molecule has 0 spiro atoms. The Morgan fingerprint density at radius 3 is 1.33 bits per heavy atom. The third kappa shape index (κ3) is 9.68. The van der Waals surface area contributed by atoms with E-state index in [0.717, 1.165) is 35.4 Å². The van der Waals surface area contributed by atoms with Gasteiger partial charge in [0, 0.05) is 72.5 Å². The van der Waals surface area contributed by atoms with E-state index >= 15 is 0 Å². The van der Waals surface area contributed by atoms with E-state index in [2.05, 4.69) is 23.8 Å². The Hall–Kier alpha value is -6.63. The highest BCUT2D eigenvalue weighted by atomic mass is 16.7. The molecule has 0 bridgehead atoms. The van der Waals surface area contributed by atoms with Crippen LogP contribution in [0.15, 0.2) is 121 Å². The maximum Gasteiger partial charge on any atom is 0.519 e. The third-order valence-corrected chi connectivity index (χ3v) is 6.94. The molecule has 0 atom stereocenters. The van der Waals surface area contributed by atoms with Crippen molar-refractivity contribution in [3.05, 3.63) is 164 Å². The number of carbonyl (C=O) groups excluding carboxylic acids is 3. The first-order valence-electron chi connectivity index (χ1n) is 14.4. The van der Waals surface area contributed by atoms with E-state index in [1.165, 1.54) is 12.1 Å². The maximum absolute atomic E-state index is 13.0. The standard InChI is InChI=1S/C35H30N4O9/c1-23(33(40)36-21-25-9-5-3-6-10-25)17-27-19-29(38(43)44)13-15-31(27)47-35(42)48-32-16-14-30(39(45)46)20-28(32)18-24(2)34(41)37-22-26-11-7-4-8-12-26/h3-16,19-20H,1-2,17-18,21-22H2,(H,36,40)(H,37,41). The summed E-state index contributed by atoms with van der Waals surface area (Å²) in [7, 11) is 0. The smallest absolute Gasteiger partial charge is 0.394 e. The van der Waals surface area contributed by atoms with Crippen LogP contribution in [0, 0.1) is 20.2 Å². The fourth-order valence-corrected chi connectivity index (χ4v) is 4.46. The Kier molecular flexibility index (Phi) is 11.5. The lowest BCUT2D eigenvalue weighted by Gasteiger charge is -2.14. The SMILES string of the molecule is C=C(Cc1cc([N+](=O)[O-])ccc1OC(=O)Oc1ccc([N+](=O)[O-])cc1CC(=C)C(=O)NCc1ccccc1)C(=O)NCc1ccccc1. The molecule has 0 unspecified atom stereocenters. The second kappa shape index (κ2) is 16.1. The van der Waals surface area contributed by atoms with Crippen LogP contribution < -0.4 is 20.1 Å². The van der Waals surface area contributed by atoms with Crippen LogP contribution in [-0.2, 0) is 35.5 Å². The highest BCUT2D eigenvalue weighted by Gasteiger charge is 2.21. The summed E-state index contributed by atoms with van der Waals surface area (Å²) in [5.74, 6) is -1.31. The topological polar surface area (TPSA) is 180 Å². The summed E-state index contributed by atoms with van der Waals surface area (Å²) < 4.78 is 10.7. The van der Waals surface area contributed by atoms with E-state index < -0.39 is 27.8 Å². The van der Waals surface area contributed by atoms with Crippen LogP contribution in [0.2, 0.25) is 0 Å². The Morgan fingerprint density at radius 1 is 0.604 bits per heavy atom. The summed E-state index contributed by atoms with van der Waals surface area (Å²) in [6.45, 7) is 8.01. The van der Waals surface area contributed by atoms with Crippen molar-refractivity contribution in [1.29, 1.82) is 0 Å². The van der Waals surface area contributed by atoms with Crippen molar-refractivity contribution in [2.45, 2.75) is 25.9 Å². The largest absolute Gasteiger partial charge is 0.519 e. The van der Waals surface area contributed by atoms with E-state index in [0.29, 0.717) is 0 Å². The number of amides is 2. The minimum absolute atomic E-state index is 0.0476. The fraction of sp³-hybridized carbons (Fsp3) is 0.114. The molecule has 0 saturated carbocycles. The Bertz CT molecular complexity index is 1740. The highest BCUT2D eigenvalue weighted by Crippen LogP contribution is 2.30. The van der Waals surface area contributed by atoms with Gasteiger partial charge in [-0.3, -0.25) is 29.8 Å². The van der Waals surface area contributed by atoms with Gasteiger partial charge < -0.3 is 20.1 Å². The van der Waals surface area contributed by atoms with Gasteiger partial charge in [-0.05, 0) is 23.3 Å². The molecule has 4 rings (SSSR count). The van der Waals surface area contributed by atoms with Gasteiger partial charge in [0.05, 0.1) is 9.85 Å². The molecule has 0 aliphatic carbocycles. The summed E-state index contributed by atoms with van der Waals surface area (Å²) in [6.07, 6.45) is -1.68. The van der Waals surface area contributed by atoms with Crippen molar-refractivity contribution in [1.82, 2.24) is 10.6 Å². The van der Waals surface area contributed by atoms with E-state index in [4.69, 9.17) is 9.47 Å². The molecule has 0 heterocycles. The van der Waals surface area contributed by atoms with Gasteiger partial charge in [0.15, 0.2) is 0 Å². The lowest BCUT2D eigenvalue weighted by atomic mass is 10.0. The Balaban J connectivity index is 1.47. The summed E-state index contributed by atoms with van der Waals surface area (Å²) >= 11 is 0. The molecule has 0 aromatic heterocycles. The zero-order valence-electron chi connectivity index (χ0n) is 25.5. The number of hydrogen-bond donors (Lipinski definition) is 2. The molecular formula is C35H30N4O9. The van der Waals surface area contributed by atoms with Gasteiger partial charge in [-0.15, -0.1) is 0 Å². The van der Waals surface area contributed by atoms with Crippen LogP contribution in [0.25, 0.3) is 0 Å². The highest BCUT2D eigenvalue weighted by molar-refractivity contribution is 5.94. The number of nitrogens with one attached hydrogen (secondary N) is 2. The van der Waals surface area contributed by atoms with Gasteiger partial charge in [0.2, 0.25) is 11.8 Å². The fourth-order valence-electron chi connectivity index (χ4n) is 4.46. The maximum atomic E-state index is 13.0. The third-order valence-electron chi connectivity index (χ3n) is 6.94. The summed E-state index contributed by atoms with van der Waals surface area (Å²) in [5.41, 5.74) is 1.37. The van der Waals surface area contributed by atoms with Crippen molar-refractivity contribution >= 4 is 29.3 Å². The minimum atomic E-state index is -1.28. The zero-order valence-corrected chi connectivity index (χ0v) is 25.5. The van der Waals surface area contributed by atoms with Crippen molar-refractivity contribution < 1.29 is 33.7 Å². The monoisotopic (exact) mass is 650 g/mol. The molecule has 48 heavy (non-hydrogen) atoms. The molecule has 0 aliphatic heterocycles. The number of nitro benzene ring substituents is 2. The van der Waals surface area contributed by atoms with Gasteiger partial charge in [0.25, 0.3) is 11.4 Å². The predicted molar refractivity (Wildman–Crippen MR) is 175 cm³/mol. The van der Waals surface area contributed by atoms with Crippen LogP contribution >= 0.6 is 0 Å². The first-order valence-corrected chi connectivity index (χ1v) is 14.4. The number of nitro groups is 2. The first-order chi connectivity index (χ1) is 23.0. The number of non-ortho nitro benzene ring substituents is 2. The molecule has 2 N–H and O–H groups in total. The van der Waals surface area contributed by atoms with Crippen molar-refractivity contribution in [2.75, 3.05) is 0 Å². The molecule has 0 fully saturated rings. The van der Waals surface area contributed by atoms with Crippen molar-refractivity contribution in [2.24, 2.45) is 0 Å². The molecule has 13 nitrogen and oxygen atoms in total. The van der Waals surface area contributed by atoms with E-state index in [9.17, 15) is 34.6 Å². The molecule has 13 heteroatoms. The molecule has 4 aromatic rings. The van der Waals surface area contributed by atoms with Gasteiger partial charge in [0.1, 0.15) is 11.5 Å². The van der Waals surface area contributed by atoms with Crippen LogP contribution in [0.4, 0.5) is 16.2 Å². The molecule has 2 amide bonds. The lowest BCUT2D eigenvalue weighted by Crippen LogP contribution is -2.25. The molecule has 0 aliphatic rings. The molecular weight excluding hydrogens is 620 g/mol. The summed E-state index contributed by atoms with van der Waals surface area (Å²) in [5, 5.41) is 28.4. The summed E-state index contributed by atoms with van der Waals surface area (Å²) in [4.78, 5) is 60.0. The predicted octanol–water partition coefficient (Wildman–Crippen LogP) is 5.91.